The molecule has 0 saturated heterocycles. The van der Waals surface area contributed by atoms with E-state index in [-0.39, 0.29) is 4.90 Å². The molecule has 0 aliphatic heterocycles. The first kappa shape index (κ1) is 16.2. The van der Waals surface area contributed by atoms with Crippen molar-refractivity contribution >= 4 is 38.5 Å². The topological polar surface area (TPSA) is 63.2 Å². The first-order chi connectivity index (χ1) is 8.95. The SMILES string of the molecule is Cc1ccc(S(=O)(=O)NC(=O)/C=C/CCCI)cc1. The molecule has 19 heavy (non-hydrogen) atoms. The third kappa shape index (κ3) is 5.73. The van der Waals surface area contributed by atoms with Gasteiger partial charge in [-0.2, -0.15) is 0 Å². The molecule has 1 aromatic carbocycles. The fraction of sp³-hybridized carbons (Fsp3) is 0.308. The van der Waals surface area contributed by atoms with Crippen molar-refractivity contribution in [2.75, 3.05) is 4.43 Å². The maximum Gasteiger partial charge on any atom is 0.264 e. The van der Waals surface area contributed by atoms with E-state index in [0.29, 0.717) is 0 Å². The average Bonchev–Trinajstić information content (AvgIpc) is 2.34. The molecule has 0 aliphatic carbocycles. The van der Waals surface area contributed by atoms with Crippen LogP contribution in [0.5, 0.6) is 0 Å². The summed E-state index contributed by atoms with van der Waals surface area (Å²) in [6.07, 6.45) is 4.67. The van der Waals surface area contributed by atoms with Crippen LogP contribution in [0.15, 0.2) is 41.3 Å². The number of amides is 1. The van der Waals surface area contributed by atoms with Crippen LogP contribution in [0.4, 0.5) is 0 Å². The first-order valence-electron chi connectivity index (χ1n) is 5.81. The molecule has 0 radical (unpaired) electrons. The minimum Gasteiger partial charge on any atom is -0.269 e. The van der Waals surface area contributed by atoms with E-state index < -0.39 is 15.9 Å². The molecule has 6 heteroatoms. The van der Waals surface area contributed by atoms with E-state index in [1.54, 1.807) is 18.2 Å². The minimum atomic E-state index is -3.77. The monoisotopic (exact) mass is 393 g/mol. The van der Waals surface area contributed by atoms with Gasteiger partial charge in [-0.3, -0.25) is 4.79 Å². The number of allylic oxidation sites excluding steroid dienone is 1. The second-order valence-corrected chi connectivity index (χ2v) is 6.78. The molecule has 0 fully saturated rings. The number of hydrogen-bond donors (Lipinski definition) is 1. The Morgan fingerprint density at radius 3 is 2.53 bits per heavy atom. The molecular weight excluding hydrogens is 377 g/mol. The van der Waals surface area contributed by atoms with Crippen molar-refractivity contribution in [1.82, 2.24) is 4.72 Å². The Labute approximate surface area is 127 Å². The summed E-state index contributed by atoms with van der Waals surface area (Å²) in [5.41, 5.74) is 0.962. The smallest absolute Gasteiger partial charge is 0.264 e. The Balaban J connectivity index is 2.67. The highest BCUT2D eigenvalue weighted by atomic mass is 127. The zero-order valence-corrected chi connectivity index (χ0v) is 13.6. The summed E-state index contributed by atoms with van der Waals surface area (Å²) in [5, 5.41) is 0. The molecule has 4 nitrogen and oxygen atoms in total. The number of alkyl halides is 1. The quantitative estimate of drug-likeness (QED) is 0.350. The lowest BCUT2D eigenvalue weighted by Crippen LogP contribution is -2.28. The molecule has 1 aromatic rings. The zero-order chi connectivity index (χ0) is 14.3. The predicted octanol–water partition coefficient (Wildman–Crippen LogP) is 2.57. The average molecular weight is 393 g/mol. The lowest BCUT2D eigenvalue weighted by atomic mass is 10.2. The van der Waals surface area contributed by atoms with Gasteiger partial charge in [0.15, 0.2) is 0 Å². The number of hydrogen-bond acceptors (Lipinski definition) is 3. The van der Waals surface area contributed by atoms with Crippen molar-refractivity contribution in [3.05, 3.63) is 42.0 Å². The Kier molecular flexibility index (Phi) is 6.50. The maximum atomic E-state index is 11.9. The van der Waals surface area contributed by atoms with Crippen molar-refractivity contribution in [1.29, 1.82) is 0 Å². The van der Waals surface area contributed by atoms with Gasteiger partial charge in [0.05, 0.1) is 4.90 Å². The van der Waals surface area contributed by atoms with E-state index in [2.05, 4.69) is 22.6 Å². The second-order valence-electron chi connectivity index (χ2n) is 4.02. The van der Waals surface area contributed by atoms with E-state index in [0.717, 1.165) is 22.8 Å². The predicted molar refractivity (Wildman–Crippen MR) is 83.8 cm³/mol. The molecule has 1 amide bonds. The summed E-state index contributed by atoms with van der Waals surface area (Å²) >= 11 is 2.25. The number of rotatable bonds is 6. The number of carbonyl (C=O) groups is 1. The van der Waals surface area contributed by atoms with Crippen molar-refractivity contribution < 1.29 is 13.2 Å². The third-order valence-electron chi connectivity index (χ3n) is 2.34. The van der Waals surface area contributed by atoms with Gasteiger partial charge in [0.2, 0.25) is 0 Å². The van der Waals surface area contributed by atoms with Crippen LogP contribution in [-0.4, -0.2) is 18.8 Å². The second kappa shape index (κ2) is 7.64. The standard InChI is InChI=1S/C13H16INO3S/c1-11-6-8-12(9-7-11)19(17,18)15-13(16)5-3-2-4-10-14/h3,5-9H,2,4,10H2,1H3,(H,15,16)/b5-3+. The molecule has 0 atom stereocenters. The van der Waals surface area contributed by atoms with Crippen LogP contribution in [0.3, 0.4) is 0 Å². The highest BCUT2D eigenvalue weighted by molar-refractivity contribution is 14.1. The van der Waals surface area contributed by atoms with Crippen LogP contribution < -0.4 is 4.72 Å². The molecular formula is C13H16INO3S. The molecule has 0 spiro atoms. The van der Waals surface area contributed by atoms with Gasteiger partial charge in [0.25, 0.3) is 15.9 Å². The lowest BCUT2D eigenvalue weighted by molar-refractivity contribution is -0.114. The Morgan fingerprint density at radius 1 is 1.32 bits per heavy atom. The van der Waals surface area contributed by atoms with Crippen LogP contribution in [0.1, 0.15) is 18.4 Å². The van der Waals surface area contributed by atoms with Gasteiger partial charge in [0.1, 0.15) is 0 Å². The van der Waals surface area contributed by atoms with Crippen molar-refractivity contribution in [3.8, 4) is 0 Å². The number of nitrogens with one attached hydrogen (secondary N) is 1. The van der Waals surface area contributed by atoms with Gasteiger partial charge >= 0.3 is 0 Å². The first-order valence-corrected chi connectivity index (χ1v) is 8.82. The number of halogens is 1. The third-order valence-corrected chi connectivity index (χ3v) is 4.47. The van der Waals surface area contributed by atoms with E-state index in [1.807, 2.05) is 11.6 Å². The Morgan fingerprint density at radius 2 is 1.95 bits per heavy atom. The molecule has 1 N–H and O–H groups in total. The zero-order valence-electron chi connectivity index (χ0n) is 10.6. The van der Waals surface area contributed by atoms with E-state index >= 15 is 0 Å². The summed E-state index contributed by atoms with van der Waals surface area (Å²) < 4.78 is 26.8. The number of carbonyl (C=O) groups excluding carboxylic acids is 1. The van der Waals surface area contributed by atoms with E-state index in [4.69, 9.17) is 0 Å². The van der Waals surface area contributed by atoms with Gasteiger partial charge in [-0.15, -0.1) is 0 Å². The van der Waals surface area contributed by atoms with Crippen molar-refractivity contribution in [3.63, 3.8) is 0 Å². The maximum absolute atomic E-state index is 11.9. The minimum absolute atomic E-state index is 0.0899. The molecule has 0 aliphatic rings. The normalized spacial score (nSPS) is 11.7. The molecule has 1 rings (SSSR count). The highest BCUT2D eigenvalue weighted by Gasteiger charge is 2.15. The van der Waals surface area contributed by atoms with Crippen LogP contribution in [-0.2, 0) is 14.8 Å². The molecule has 104 valence electrons. The summed E-state index contributed by atoms with van der Waals surface area (Å²) in [6, 6.07) is 6.33. The summed E-state index contributed by atoms with van der Waals surface area (Å²) in [4.78, 5) is 11.6. The number of aryl methyl sites for hydroxylation is 1. The number of unbranched alkanes of at least 4 members (excludes halogenated alkanes) is 1. The molecule has 0 saturated carbocycles. The molecule has 0 unspecified atom stereocenters. The van der Waals surface area contributed by atoms with Crippen molar-refractivity contribution in [2.24, 2.45) is 0 Å². The van der Waals surface area contributed by atoms with Gasteiger partial charge in [-0.05, 0) is 42.4 Å². The molecule has 0 aromatic heterocycles. The summed E-state index contributed by atoms with van der Waals surface area (Å²) in [7, 11) is -3.77. The van der Waals surface area contributed by atoms with Gasteiger partial charge in [-0.1, -0.05) is 46.4 Å². The number of sulfonamides is 1. The number of benzene rings is 1. The van der Waals surface area contributed by atoms with Gasteiger partial charge in [-0.25, -0.2) is 13.1 Å². The Bertz CT molecular complexity index is 550. The summed E-state index contributed by atoms with van der Waals surface area (Å²) in [6.45, 7) is 1.87. The van der Waals surface area contributed by atoms with Crippen LogP contribution in [0.25, 0.3) is 0 Å². The van der Waals surface area contributed by atoms with Crippen LogP contribution >= 0.6 is 22.6 Å². The van der Waals surface area contributed by atoms with E-state index in [9.17, 15) is 13.2 Å². The fourth-order valence-electron chi connectivity index (χ4n) is 1.33. The van der Waals surface area contributed by atoms with E-state index in [1.165, 1.54) is 18.2 Å². The summed E-state index contributed by atoms with van der Waals surface area (Å²) in [5.74, 6) is -0.617. The largest absolute Gasteiger partial charge is 0.269 e. The highest BCUT2D eigenvalue weighted by Crippen LogP contribution is 2.09. The molecule has 0 heterocycles. The lowest BCUT2D eigenvalue weighted by Gasteiger charge is -2.04. The fourth-order valence-corrected chi connectivity index (χ4v) is 2.71. The van der Waals surface area contributed by atoms with Crippen LogP contribution in [0.2, 0.25) is 0 Å². The van der Waals surface area contributed by atoms with Crippen molar-refractivity contribution in [2.45, 2.75) is 24.7 Å². The van der Waals surface area contributed by atoms with Gasteiger partial charge in [0, 0.05) is 0 Å². The molecule has 0 bridgehead atoms. The van der Waals surface area contributed by atoms with Gasteiger partial charge < -0.3 is 0 Å². The Hall–Kier alpha value is -0.890. The van der Waals surface area contributed by atoms with Crippen LogP contribution in [0, 0.1) is 6.92 Å².